The lowest BCUT2D eigenvalue weighted by molar-refractivity contribution is -0.162. The molecule has 1 N–H and O–H groups in total. The van der Waals surface area contributed by atoms with Gasteiger partial charge in [0.2, 0.25) is 0 Å². The predicted octanol–water partition coefficient (Wildman–Crippen LogP) is -0.0487. The van der Waals surface area contributed by atoms with Crippen LogP contribution in [-0.4, -0.2) is 56.2 Å². The Morgan fingerprint density at radius 2 is 1.56 bits per heavy atom. The zero-order valence-corrected chi connectivity index (χ0v) is 14.3. The molecule has 0 aromatic carbocycles. The Morgan fingerprint density at radius 1 is 1.00 bits per heavy atom. The first-order valence-electron chi connectivity index (χ1n) is 7.31. The largest absolute Gasteiger partial charge is 0.468 e. The molecule has 0 radical (unpaired) electrons. The maximum atomic E-state index is 12.3. The number of aromatic nitrogens is 1. The molecule has 0 aliphatic heterocycles. The van der Waals surface area contributed by atoms with E-state index in [1.807, 2.05) is 0 Å². The van der Waals surface area contributed by atoms with E-state index in [0.29, 0.717) is 0 Å². The number of ether oxygens (including phenoxy) is 3. The summed E-state index contributed by atoms with van der Waals surface area (Å²) in [7, 11) is 3.34. The highest BCUT2D eigenvalue weighted by Gasteiger charge is 2.42. The minimum Gasteiger partial charge on any atom is -0.468 e. The maximum Gasteiger partial charge on any atom is 0.328 e. The molecule has 1 aromatic heterocycles. The average Bonchev–Trinajstić information content (AvgIpc) is 2.65. The summed E-state index contributed by atoms with van der Waals surface area (Å²) in [5.41, 5.74) is 0.205. The van der Waals surface area contributed by atoms with E-state index in [1.54, 1.807) is 6.07 Å². The van der Waals surface area contributed by atoms with Crippen molar-refractivity contribution >= 4 is 23.8 Å². The summed E-state index contributed by atoms with van der Waals surface area (Å²) < 4.78 is 13.9. The first kappa shape index (κ1) is 20.1. The van der Waals surface area contributed by atoms with Gasteiger partial charge in [-0.25, -0.2) is 4.79 Å². The summed E-state index contributed by atoms with van der Waals surface area (Å²) in [6.45, 7) is 1.43. The van der Waals surface area contributed by atoms with Gasteiger partial charge in [-0.05, 0) is 12.1 Å². The number of carbonyl (C=O) groups is 4. The smallest absolute Gasteiger partial charge is 0.328 e. The zero-order valence-electron chi connectivity index (χ0n) is 14.3. The van der Waals surface area contributed by atoms with E-state index in [2.05, 4.69) is 24.5 Å². The molecule has 136 valence electrons. The predicted molar refractivity (Wildman–Crippen MR) is 84.2 cm³/mol. The molecule has 1 heterocycles. The van der Waals surface area contributed by atoms with Gasteiger partial charge in [-0.15, -0.1) is 0 Å². The fourth-order valence-electron chi connectivity index (χ4n) is 2.23. The fourth-order valence-corrected chi connectivity index (χ4v) is 2.23. The number of amides is 1. The molecule has 1 amide bonds. The van der Waals surface area contributed by atoms with Crippen LogP contribution in [0.15, 0.2) is 24.5 Å². The third kappa shape index (κ3) is 5.00. The van der Waals surface area contributed by atoms with Crippen LogP contribution in [0.5, 0.6) is 0 Å². The Morgan fingerprint density at radius 3 is 2.00 bits per heavy atom. The van der Waals surface area contributed by atoms with Gasteiger partial charge >= 0.3 is 17.9 Å². The minimum absolute atomic E-state index is 0.205. The molecule has 25 heavy (non-hydrogen) atoms. The van der Waals surface area contributed by atoms with E-state index in [4.69, 9.17) is 0 Å². The molecule has 2 atom stereocenters. The van der Waals surface area contributed by atoms with Crippen LogP contribution in [0.2, 0.25) is 0 Å². The van der Waals surface area contributed by atoms with Gasteiger partial charge in [0.1, 0.15) is 6.04 Å². The molecular formula is C16H20N2O7. The molecule has 0 aliphatic rings. The van der Waals surface area contributed by atoms with Crippen molar-refractivity contribution in [2.24, 2.45) is 11.8 Å². The van der Waals surface area contributed by atoms with Crippen molar-refractivity contribution in [2.45, 2.75) is 13.0 Å². The normalized spacial score (nSPS) is 12.7. The van der Waals surface area contributed by atoms with Gasteiger partial charge in [-0.1, -0.05) is 6.92 Å². The lowest BCUT2D eigenvalue weighted by Gasteiger charge is -2.27. The number of rotatable bonds is 7. The molecule has 0 spiro atoms. The molecule has 0 aliphatic carbocycles. The van der Waals surface area contributed by atoms with Crippen molar-refractivity contribution in [3.8, 4) is 0 Å². The van der Waals surface area contributed by atoms with Crippen molar-refractivity contribution in [2.75, 3.05) is 21.3 Å². The molecule has 0 fully saturated rings. The highest BCUT2D eigenvalue weighted by Crippen LogP contribution is 2.20. The quantitative estimate of drug-likeness (QED) is 0.412. The van der Waals surface area contributed by atoms with Gasteiger partial charge in [0.15, 0.2) is 5.92 Å². The SMILES string of the molecule is COC(=O)C(C(=O)OC)[C@H](C)[C@H](NC(=O)c1cccnc1)C(=O)OC. The van der Waals surface area contributed by atoms with Gasteiger partial charge in [0.25, 0.3) is 5.91 Å². The molecule has 0 saturated carbocycles. The number of nitrogens with zero attached hydrogens (tertiary/aromatic N) is 1. The Kier molecular flexibility index (Phi) is 7.51. The van der Waals surface area contributed by atoms with Gasteiger partial charge in [0.05, 0.1) is 26.9 Å². The van der Waals surface area contributed by atoms with E-state index in [1.165, 1.54) is 25.4 Å². The van der Waals surface area contributed by atoms with Crippen LogP contribution in [0.1, 0.15) is 17.3 Å². The standard InChI is InChI=1S/C16H20N2O7/c1-9(11(14(20)23-2)15(21)24-3)12(16(22)25-4)18-13(19)10-6-5-7-17-8-10/h5-9,11-12H,1-4H3,(H,18,19)/t9-,12-/m0/s1. The summed E-state index contributed by atoms with van der Waals surface area (Å²) in [4.78, 5) is 52.0. The van der Waals surface area contributed by atoms with Gasteiger partial charge in [-0.2, -0.15) is 0 Å². The van der Waals surface area contributed by atoms with Gasteiger partial charge in [0, 0.05) is 18.3 Å². The first-order chi connectivity index (χ1) is 11.9. The number of carbonyl (C=O) groups excluding carboxylic acids is 4. The van der Waals surface area contributed by atoms with Crippen LogP contribution in [0.25, 0.3) is 0 Å². The number of hydrogen-bond donors (Lipinski definition) is 1. The molecule has 1 aromatic rings. The molecule has 0 saturated heterocycles. The summed E-state index contributed by atoms with van der Waals surface area (Å²) >= 11 is 0. The molecule has 0 bridgehead atoms. The molecule has 9 nitrogen and oxygen atoms in total. The first-order valence-corrected chi connectivity index (χ1v) is 7.31. The van der Waals surface area contributed by atoms with Crippen LogP contribution in [-0.2, 0) is 28.6 Å². The Balaban J connectivity index is 3.11. The van der Waals surface area contributed by atoms with Crippen molar-refractivity contribution < 1.29 is 33.4 Å². The van der Waals surface area contributed by atoms with E-state index in [9.17, 15) is 19.2 Å². The van der Waals surface area contributed by atoms with Crippen molar-refractivity contribution in [1.29, 1.82) is 0 Å². The fraction of sp³-hybridized carbons (Fsp3) is 0.438. The second-order valence-electron chi connectivity index (χ2n) is 5.10. The van der Waals surface area contributed by atoms with Gasteiger partial charge in [-0.3, -0.25) is 19.4 Å². The highest BCUT2D eigenvalue weighted by atomic mass is 16.5. The number of hydrogen-bond acceptors (Lipinski definition) is 8. The van der Waals surface area contributed by atoms with Crippen LogP contribution in [0.4, 0.5) is 0 Å². The Labute approximate surface area is 144 Å². The molecule has 1 rings (SSSR count). The maximum absolute atomic E-state index is 12.3. The lowest BCUT2D eigenvalue weighted by Crippen LogP contribution is -2.51. The van der Waals surface area contributed by atoms with Crippen LogP contribution in [0, 0.1) is 11.8 Å². The van der Waals surface area contributed by atoms with E-state index < -0.39 is 41.7 Å². The van der Waals surface area contributed by atoms with Crippen molar-refractivity contribution in [3.63, 3.8) is 0 Å². The summed E-state index contributed by atoms with van der Waals surface area (Å²) in [6, 6.07) is 1.78. The second kappa shape index (κ2) is 9.36. The number of nitrogens with one attached hydrogen (secondary N) is 1. The molecule has 9 heteroatoms. The average molecular weight is 352 g/mol. The third-order valence-electron chi connectivity index (χ3n) is 3.63. The van der Waals surface area contributed by atoms with Crippen LogP contribution in [0.3, 0.4) is 0 Å². The summed E-state index contributed by atoms with van der Waals surface area (Å²) in [6.07, 6.45) is 2.80. The van der Waals surface area contributed by atoms with Crippen LogP contribution < -0.4 is 5.32 Å². The van der Waals surface area contributed by atoms with E-state index in [0.717, 1.165) is 21.3 Å². The number of methoxy groups -OCH3 is 3. The zero-order chi connectivity index (χ0) is 19.0. The molecular weight excluding hydrogens is 332 g/mol. The van der Waals surface area contributed by atoms with E-state index in [-0.39, 0.29) is 5.56 Å². The second-order valence-corrected chi connectivity index (χ2v) is 5.10. The topological polar surface area (TPSA) is 121 Å². The van der Waals surface area contributed by atoms with E-state index >= 15 is 0 Å². The monoisotopic (exact) mass is 352 g/mol. The Hall–Kier alpha value is -2.97. The molecule has 0 unspecified atom stereocenters. The third-order valence-corrected chi connectivity index (χ3v) is 3.63. The van der Waals surface area contributed by atoms with Crippen molar-refractivity contribution in [3.05, 3.63) is 30.1 Å². The summed E-state index contributed by atoms with van der Waals surface area (Å²) in [5, 5.41) is 2.45. The minimum atomic E-state index is -1.41. The lowest BCUT2D eigenvalue weighted by atomic mass is 9.87. The Bertz CT molecular complexity index is 617. The number of esters is 3. The highest BCUT2D eigenvalue weighted by molar-refractivity contribution is 5.98. The van der Waals surface area contributed by atoms with Crippen molar-refractivity contribution in [1.82, 2.24) is 10.3 Å². The van der Waals surface area contributed by atoms with Crippen LogP contribution >= 0.6 is 0 Å². The number of pyridine rings is 1. The summed E-state index contributed by atoms with van der Waals surface area (Å²) in [5.74, 6) is -5.58. The van der Waals surface area contributed by atoms with Gasteiger partial charge < -0.3 is 19.5 Å².